The smallest absolute Gasteiger partial charge is 0.162 e. The van der Waals surface area contributed by atoms with E-state index in [0.29, 0.717) is 12.3 Å². The standard InChI is InChI=1S/C16H19NO3/c1-11(18)13-7-3-4-8-14(13)17-10-12-6-5-9-15(20-2)16(12)19/h3-9,11,17-19H,10H2,1-2H3. The SMILES string of the molecule is COc1cccc(CNc2ccccc2C(C)O)c1O. The Balaban J connectivity index is 2.17. The molecule has 3 N–H and O–H groups in total. The minimum absolute atomic E-state index is 0.136. The zero-order valence-electron chi connectivity index (χ0n) is 11.6. The lowest BCUT2D eigenvalue weighted by molar-refractivity contribution is 0.200. The van der Waals surface area contributed by atoms with Crippen molar-refractivity contribution < 1.29 is 14.9 Å². The molecule has 106 valence electrons. The van der Waals surface area contributed by atoms with Gasteiger partial charge in [0.05, 0.1) is 13.2 Å². The molecule has 0 aliphatic carbocycles. The molecule has 0 aliphatic rings. The fourth-order valence-corrected chi connectivity index (χ4v) is 2.09. The summed E-state index contributed by atoms with van der Waals surface area (Å²) in [7, 11) is 1.52. The van der Waals surface area contributed by atoms with Gasteiger partial charge in [0.2, 0.25) is 0 Å². The molecule has 20 heavy (non-hydrogen) atoms. The molecule has 0 heterocycles. The highest BCUT2D eigenvalue weighted by molar-refractivity contribution is 5.54. The summed E-state index contributed by atoms with van der Waals surface area (Å²) in [4.78, 5) is 0. The van der Waals surface area contributed by atoms with Crippen molar-refractivity contribution in [3.8, 4) is 11.5 Å². The molecule has 0 amide bonds. The van der Waals surface area contributed by atoms with Crippen LogP contribution in [0.5, 0.6) is 11.5 Å². The van der Waals surface area contributed by atoms with Crippen LogP contribution in [0, 0.1) is 0 Å². The molecule has 0 aliphatic heterocycles. The van der Waals surface area contributed by atoms with Gasteiger partial charge < -0.3 is 20.3 Å². The molecular formula is C16H19NO3. The number of benzene rings is 2. The number of rotatable bonds is 5. The highest BCUT2D eigenvalue weighted by Crippen LogP contribution is 2.30. The van der Waals surface area contributed by atoms with E-state index in [-0.39, 0.29) is 5.75 Å². The Hall–Kier alpha value is -2.20. The first-order valence-corrected chi connectivity index (χ1v) is 6.49. The van der Waals surface area contributed by atoms with Crippen molar-refractivity contribution in [3.63, 3.8) is 0 Å². The highest BCUT2D eigenvalue weighted by atomic mass is 16.5. The maximum absolute atomic E-state index is 10.0. The number of anilines is 1. The third-order valence-electron chi connectivity index (χ3n) is 3.18. The van der Waals surface area contributed by atoms with Gasteiger partial charge in [-0.05, 0) is 19.1 Å². The number of methoxy groups -OCH3 is 1. The third kappa shape index (κ3) is 3.03. The van der Waals surface area contributed by atoms with Gasteiger partial charge in [0, 0.05) is 23.4 Å². The Kier molecular flexibility index (Phi) is 4.48. The summed E-state index contributed by atoms with van der Waals surface area (Å²) in [5.41, 5.74) is 2.42. The normalized spacial score (nSPS) is 11.9. The zero-order chi connectivity index (χ0) is 14.5. The van der Waals surface area contributed by atoms with Crippen LogP contribution in [0.15, 0.2) is 42.5 Å². The average molecular weight is 273 g/mol. The molecule has 0 fully saturated rings. The second-order valence-corrected chi connectivity index (χ2v) is 4.58. The highest BCUT2D eigenvalue weighted by Gasteiger charge is 2.09. The molecular weight excluding hydrogens is 254 g/mol. The van der Waals surface area contributed by atoms with Gasteiger partial charge in [-0.3, -0.25) is 0 Å². The number of hydrogen-bond donors (Lipinski definition) is 3. The summed E-state index contributed by atoms with van der Waals surface area (Å²) < 4.78 is 5.08. The van der Waals surface area contributed by atoms with Crippen LogP contribution in [-0.4, -0.2) is 17.3 Å². The van der Waals surface area contributed by atoms with Gasteiger partial charge in [-0.25, -0.2) is 0 Å². The summed E-state index contributed by atoms with van der Waals surface area (Å²) in [6, 6.07) is 12.9. The Morgan fingerprint density at radius 2 is 1.90 bits per heavy atom. The van der Waals surface area contributed by atoms with Crippen molar-refractivity contribution in [3.05, 3.63) is 53.6 Å². The third-order valence-corrected chi connectivity index (χ3v) is 3.18. The molecule has 0 saturated heterocycles. The van der Waals surface area contributed by atoms with Crippen LogP contribution < -0.4 is 10.1 Å². The van der Waals surface area contributed by atoms with Crippen LogP contribution in [0.3, 0.4) is 0 Å². The topological polar surface area (TPSA) is 61.7 Å². The van der Waals surface area contributed by atoms with E-state index < -0.39 is 6.10 Å². The van der Waals surface area contributed by atoms with Crippen molar-refractivity contribution in [1.82, 2.24) is 0 Å². The Labute approximate surface area is 118 Å². The van der Waals surface area contributed by atoms with Crippen molar-refractivity contribution in [2.75, 3.05) is 12.4 Å². The van der Waals surface area contributed by atoms with E-state index in [1.165, 1.54) is 7.11 Å². The fourth-order valence-electron chi connectivity index (χ4n) is 2.09. The molecule has 0 radical (unpaired) electrons. The molecule has 0 aromatic heterocycles. The number of aromatic hydroxyl groups is 1. The number of aliphatic hydroxyl groups excluding tert-OH is 1. The molecule has 4 nitrogen and oxygen atoms in total. The largest absolute Gasteiger partial charge is 0.504 e. The molecule has 2 aromatic carbocycles. The minimum atomic E-state index is -0.544. The van der Waals surface area contributed by atoms with Gasteiger partial charge in [0.15, 0.2) is 11.5 Å². The molecule has 4 heteroatoms. The van der Waals surface area contributed by atoms with E-state index in [0.717, 1.165) is 16.8 Å². The van der Waals surface area contributed by atoms with Crippen LogP contribution in [-0.2, 0) is 6.54 Å². The number of nitrogens with one attached hydrogen (secondary N) is 1. The van der Waals surface area contributed by atoms with Crippen LogP contribution in [0.25, 0.3) is 0 Å². The number of ether oxygens (including phenoxy) is 1. The van der Waals surface area contributed by atoms with E-state index >= 15 is 0 Å². The quantitative estimate of drug-likeness (QED) is 0.783. The summed E-state index contributed by atoms with van der Waals surface area (Å²) in [6.45, 7) is 2.18. The fraction of sp³-hybridized carbons (Fsp3) is 0.250. The zero-order valence-corrected chi connectivity index (χ0v) is 11.6. The molecule has 2 aromatic rings. The van der Waals surface area contributed by atoms with Crippen molar-refractivity contribution in [2.24, 2.45) is 0 Å². The summed E-state index contributed by atoms with van der Waals surface area (Å²) in [6.07, 6.45) is -0.544. The van der Waals surface area contributed by atoms with Crippen LogP contribution in [0.2, 0.25) is 0 Å². The first-order chi connectivity index (χ1) is 9.63. The number of para-hydroxylation sites is 2. The lowest BCUT2D eigenvalue weighted by Crippen LogP contribution is -2.04. The van der Waals surface area contributed by atoms with E-state index in [4.69, 9.17) is 4.74 Å². The molecule has 2 rings (SSSR count). The Morgan fingerprint density at radius 3 is 2.60 bits per heavy atom. The molecule has 0 saturated carbocycles. The monoisotopic (exact) mass is 273 g/mol. The summed E-state index contributed by atoms with van der Waals surface area (Å²) in [5, 5.41) is 23.0. The lowest BCUT2D eigenvalue weighted by Gasteiger charge is -2.15. The van der Waals surface area contributed by atoms with E-state index in [9.17, 15) is 10.2 Å². The predicted octanol–water partition coefficient (Wildman–Crippen LogP) is 3.07. The first kappa shape index (κ1) is 14.2. The maximum atomic E-state index is 10.0. The Bertz CT molecular complexity index is 582. The van der Waals surface area contributed by atoms with Crippen molar-refractivity contribution >= 4 is 5.69 Å². The van der Waals surface area contributed by atoms with Gasteiger partial charge in [-0.15, -0.1) is 0 Å². The summed E-state index contributed by atoms with van der Waals surface area (Å²) >= 11 is 0. The second-order valence-electron chi connectivity index (χ2n) is 4.58. The summed E-state index contributed by atoms with van der Waals surface area (Å²) in [5.74, 6) is 0.588. The van der Waals surface area contributed by atoms with Gasteiger partial charge in [0.1, 0.15) is 0 Å². The predicted molar refractivity (Wildman–Crippen MR) is 79.1 cm³/mol. The molecule has 1 unspecified atom stereocenters. The minimum Gasteiger partial charge on any atom is -0.504 e. The van der Waals surface area contributed by atoms with Gasteiger partial charge >= 0.3 is 0 Å². The second kappa shape index (κ2) is 6.30. The van der Waals surface area contributed by atoms with Gasteiger partial charge in [-0.1, -0.05) is 30.3 Å². The van der Waals surface area contributed by atoms with Crippen LogP contribution in [0.4, 0.5) is 5.69 Å². The number of hydrogen-bond acceptors (Lipinski definition) is 4. The Morgan fingerprint density at radius 1 is 1.15 bits per heavy atom. The van der Waals surface area contributed by atoms with E-state index in [2.05, 4.69) is 5.32 Å². The molecule has 1 atom stereocenters. The van der Waals surface area contributed by atoms with Gasteiger partial charge in [0.25, 0.3) is 0 Å². The average Bonchev–Trinajstić information content (AvgIpc) is 2.46. The van der Waals surface area contributed by atoms with Crippen molar-refractivity contribution in [2.45, 2.75) is 19.6 Å². The lowest BCUT2D eigenvalue weighted by atomic mass is 10.1. The van der Waals surface area contributed by atoms with E-state index in [1.54, 1.807) is 13.0 Å². The van der Waals surface area contributed by atoms with E-state index in [1.807, 2.05) is 36.4 Å². The first-order valence-electron chi connectivity index (χ1n) is 6.49. The van der Waals surface area contributed by atoms with Crippen LogP contribution >= 0.6 is 0 Å². The van der Waals surface area contributed by atoms with Gasteiger partial charge in [-0.2, -0.15) is 0 Å². The van der Waals surface area contributed by atoms with Crippen molar-refractivity contribution in [1.29, 1.82) is 0 Å². The maximum Gasteiger partial charge on any atom is 0.162 e. The number of aliphatic hydroxyl groups is 1. The van der Waals surface area contributed by atoms with Crippen LogP contribution in [0.1, 0.15) is 24.2 Å². The molecule has 0 spiro atoms. The number of phenolic OH excluding ortho intramolecular Hbond substituents is 1. The number of phenols is 1. The molecule has 0 bridgehead atoms.